The van der Waals surface area contributed by atoms with Gasteiger partial charge in [-0.15, -0.1) is 0 Å². The summed E-state index contributed by atoms with van der Waals surface area (Å²) in [5.74, 6) is -1.53. The van der Waals surface area contributed by atoms with Crippen molar-refractivity contribution in [2.24, 2.45) is 0 Å². The molecule has 30 heavy (non-hydrogen) atoms. The summed E-state index contributed by atoms with van der Waals surface area (Å²) in [5.41, 5.74) is 0.800. The largest absolute Gasteiger partial charge is 0.486 e. The molecular formula is C21H19ClF2N2O4. The van der Waals surface area contributed by atoms with Crippen LogP contribution >= 0.6 is 11.6 Å². The zero-order valence-corrected chi connectivity index (χ0v) is 16.8. The van der Waals surface area contributed by atoms with Crippen molar-refractivity contribution in [1.29, 1.82) is 0 Å². The van der Waals surface area contributed by atoms with Crippen LogP contribution in [0.3, 0.4) is 0 Å². The number of rotatable bonds is 3. The number of halogens is 3. The summed E-state index contributed by atoms with van der Waals surface area (Å²) in [5, 5.41) is 0.400. The number of carbonyl (C=O) groups excluding carboxylic acids is 2. The van der Waals surface area contributed by atoms with E-state index in [4.69, 9.17) is 21.1 Å². The second-order valence-corrected chi connectivity index (χ2v) is 7.49. The molecule has 0 radical (unpaired) electrons. The minimum absolute atomic E-state index is 0.0830. The zero-order chi connectivity index (χ0) is 21.3. The lowest BCUT2D eigenvalue weighted by Gasteiger charge is -2.35. The third-order valence-electron chi connectivity index (χ3n) is 5.10. The molecule has 6 nitrogen and oxygen atoms in total. The van der Waals surface area contributed by atoms with Crippen LogP contribution in [0.5, 0.6) is 11.5 Å². The summed E-state index contributed by atoms with van der Waals surface area (Å²) in [4.78, 5) is 28.4. The predicted octanol–water partition coefficient (Wildman–Crippen LogP) is 2.92. The average molecular weight is 437 g/mol. The SMILES string of the molecule is O=C(Cc1cc(Cl)c2c(c1)OCCO2)N1CCN(C(=O)c2ccc(F)c(F)c2)CC1. The van der Waals surface area contributed by atoms with Gasteiger partial charge in [-0.05, 0) is 35.9 Å². The molecule has 1 fully saturated rings. The molecule has 0 saturated carbocycles. The Morgan fingerprint density at radius 2 is 1.63 bits per heavy atom. The summed E-state index contributed by atoms with van der Waals surface area (Å²) >= 11 is 6.23. The molecule has 2 aliphatic heterocycles. The highest BCUT2D eigenvalue weighted by Crippen LogP contribution is 2.38. The number of nitrogens with zero attached hydrogens (tertiary/aromatic N) is 2. The number of piperazine rings is 1. The smallest absolute Gasteiger partial charge is 0.254 e. The molecule has 158 valence electrons. The second-order valence-electron chi connectivity index (χ2n) is 7.08. The lowest BCUT2D eigenvalue weighted by Crippen LogP contribution is -2.51. The third kappa shape index (κ3) is 4.18. The van der Waals surface area contributed by atoms with Gasteiger partial charge >= 0.3 is 0 Å². The first-order chi connectivity index (χ1) is 14.4. The van der Waals surface area contributed by atoms with Gasteiger partial charge in [-0.1, -0.05) is 11.6 Å². The monoisotopic (exact) mass is 436 g/mol. The first kappa shape index (κ1) is 20.4. The molecule has 0 bridgehead atoms. The summed E-state index contributed by atoms with van der Waals surface area (Å²) in [7, 11) is 0. The van der Waals surface area contributed by atoms with Crippen molar-refractivity contribution in [3.05, 3.63) is 58.1 Å². The topological polar surface area (TPSA) is 59.1 Å². The molecule has 2 aromatic rings. The van der Waals surface area contributed by atoms with Gasteiger partial charge in [0.05, 0.1) is 11.4 Å². The molecule has 0 atom stereocenters. The van der Waals surface area contributed by atoms with Crippen LogP contribution in [-0.2, 0) is 11.2 Å². The molecule has 1 saturated heterocycles. The minimum Gasteiger partial charge on any atom is -0.486 e. The zero-order valence-electron chi connectivity index (χ0n) is 16.0. The Kier molecular flexibility index (Phi) is 5.76. The molecule has 9 heteroatoms. The molecule has 2 amide bonds. The second kappa shape index (κ2) is 8.47. The van der Waals surface area contributed by atoms with Crippen LogP contribution in [0.2, 0.25) is 5.02 Å². The maximum absolute atomic E-state index is 13.4. The van der Waals surface area contributed by atoms with Crippen LogP contribution in [0.15, 0.2) is 30.3 Å². The van der Waals surface area contributed by atoms with Crippen LogP contribution < -0.4 is 9.47 Å². The molecule has 0 spiro atoms. The van der Waals surface area contributed by atoms with E-state index in [0.717, 1.165) is 17.7 Å². The number of carbonyl (C=O) groups is 2. The quantitative estimate of drug-likeness (QED) is 0.742. The van der Waals surface area contributed by atoms with E-state index in [9.17, 15) is 18.4 Å². The van der Waals surface area contributed by atoms with Crippen LogP contribution in [0, 0.1) is 11.6 Å². The van der Waals surface area contributed by atoms with Gasteiger partial charge in [0, 0.05) is 31.7 Å². The van der Waals surface area contributed by atoms with Gasteiger partial charge in [0.25, 0.3) is 5.91 Å². The molecule has 0 aromatic heterocycles. The van der Waals surface area contributed by atoms with Gasteiger partial charge in [0.15, 0.2) is 23.1 Å². The maximum Gasteiger partial charge on any atom is 0.254 e. The van der Waals surface area contributed by atoms with E-state index in [0.29, 0.717) is 55.9 Å². The van der Waals surface area contributed by atoms with Crippen LogP contribution in [-0.4, -0.2) is 61.0 Å². The van der Waals surface area contributed by atoms with Gasteiger partial charge in [0.1, 0.15) is 13.2 Å². The number of amides is 2. The molecule has 4 rings (SSSR count). The lowest BCUT2D eigenvalue weighted by molar-refractivity contribution is -0.131. The van der Waals surface area contributed by atoms with E-state index in [1.54, 1.807) is 17.0 Å². The molecular weight excluding hydrogens is 418 g/mol. The minimum atomic E-state index is -1.06. The maximum atomic E-state index is 13.4. The third-order valence-corrected chi connectivity index (χ3v) is 5.38. The van der Waals surface area contributed by atoms with E-state index < -0.39 is 11.6 Å². The lowest BCUT2D eigenvalue weighted by atomic mass is 10.1. The van der Waals surface area contributed by atoms with E-state index in [2.05, 4.69) is 0 Å². The Labute approximate surface area is 176 Å². The van der Waals surface area contributed by atoms with E-state index >= 15 is 0 Å². The van der Waals surface area contributed by atoms with Gasteiger partial charge in [-0.25, -0.2) is 8.78 Å². The molecule has 2 aliphatic rings. The van der Waals surface area contributed by atoms with Crippen molar-refractivity contribution < 1.29 is 27.8 Å². The Morgan fingerprint density at radius 1 is 0.933 bits per heavy atom. The fourth-order valence-electron chi connectivity index (χ4n) is 3.52. The van der Waals surface area contributed by atoms with Crippen LogP contribution in [0.4, 0.5) is 8.78 Å². The predicted molar refractivity (Wildman–Crippen MR) is 105 cm³/mol. The molecule has 2 heterocycles. The van der Waals surface area contributed by atoms with Crippen molar-refractivity contribution in [3.8, 4) is 11.5 Å². The fourth-order valence-corrected chi connectivity index (χ4v) is 3.81. The number of hydrogen-bond donors (Lipinski definition) is 0. The first-order valence-electron chi connectivity index (χ1n) is 9.52. The van der Waals surface area contributed by atoms with E-state index in [1.165, 1.54) is 11.0 Å². The van der Waals surface area contributed by atoms with Crippen LogP contribution in [0.25, 0.3) is 0 Å². The van der Waals surface area contributed by atoms with Crippen molar-refractivity contribution in [1.82, 2.24) is 9.80 Å². The molecule has 0 unspecified atom stereocenters. The van der Waals surface area contributed by atoms with Gasteiger partial charge in [0.2, 0.25) is 5.91 Å². The van der Waals surface area contributed by atoms with Crippen molar-refractivity contribution in [2.75, 3.05) is 39.4 Å². The number of benzene rings is 2. The average Bonchev–Trinajstić information content (AvgIpc) is 2.75. The summed E-state index contributed by atoms with van der Waals surface area (Å²) in [6, 6.07) is 6.52. The number of ether oxygens (including phenoxy) is 2. The van der Waals surface area contributed by atoms with Crippen molar-refractivity contribution in [3.63, 3.8) is 0 Å². The van der Waals surface area contributed by atoms with Gasteiger partial charge in [-0.2, -0.15) is 0 Å². The highest BCUT2D eigenvalue weighted by atomic mass is 35.5. The molecule has 0 N–H and O–H groups in total. The summed E-state index contributed by atoms with van der Waals surface area (Å²) in [6.45, 7) is 2.18. The Hall–Kier alpha value is -2.87. The van der Waals surface area contributed by atoms with E-state index in [1.807, 2.05) is 0 Å². The normalized spacial score (nSPS) is 15.8. The van der Waals surface area contributed by atoms with Crippen LogP contribution in [0.1, 0.15) is 15.9 Å². The van der Waals surface area contributed by atoms with Gasteiger partial charge < -0.3 is 19.3 Å². The fraction of sp³-hybridized carbons (Fsp3) is 0.333. The number of fused-ring (bicyclic) bond motifs is 1. The van der Waals surface area contributed by atoms with Crippen molar-refractivity contribution >= 4 is 23.4 Å². The van der Waals surface area contributed by atoms with E-state index in [-0.39, 0.29) is 23.8 Å². The summed E-state index contributed by atoms with van der Waals surface area (Å²) < 4.78 is 37.5. The molecule has 0 aliphatic carbocycles. The van der Waals surface area contributed by atoms with Crippen molar-refractivity contribution in [2.45, 2.75) is 6.42 Å². The highest BCUT2D eigenvalue weighted by molar-refractivity contribution is 6.32. The highest BCUT2D eigenvalue weighted by Gasteiger charge is 2.26. The van der Waals surface area contributed by atoms with Gasteiger partial charge in [-0.3, -0.25) is 9.59 Å². The first-order valence-corrected chi connectivity index (χ1v) is 9.90. The Bertz CT molecular complexity index is 993. The standard InChI is InChI=1S/C21H19ClF2N2O4/c22-15-9-13(10-18-20(15)30-8-7-29-18)11-19(27)25-3-5-26(6-4-25)21(28)14-1-2-16(23)17(24)12-14/h1-2,9-10,12H,3-8,11H2. The number of hydrogen-bond acceptors (Lipinski definition) is 4. The summed E-state index contributed by atoms with van der Waals surface area (Å²) in [6.07, 6.45) is 0.146. The Morgan fingerprint density at radius 3 is 2.37 bits per heavy atom. The molecule has 2 aromatic carbocycles. The Balaban J connectivity index is 1.36.